The fourth-order valence-corrected chi connectivity index (χ4v) is 10.4. The van der Waals surface area contributed by atoms with Crippen molar-refractivity contribution < 1.29 is 85.2 Å². The number of hydrogen-bond donors (Lipinski definition) is 2. The van der Waals surface area contributed by atoms with Gasteiger partial charge in [-0.3, -0.25) is 14.2 Å². The first kappa shape index (κ1) is 66.4. The molecule has 0 fully saturated rings. The average Bonchev–Trinajstić information content (AvgIpc) is 1.55. The van der Waals surface area contributed by atoms with Crippen LogP contribution in [0.1, 0.15) is 25.2 Å². The zero-order valence-electron chi connectivity index (χ0n) is 47.9. The van der Waals surface area contributed by atoms with Crippen LogP contribution in [0.2, 0.25) is 0 Å². The van der Waals surface area contributed by atoms with Crippen molar-refractivity contribution in [1.82, 2.24) is 49.5 Å². The van der Waals surface area contributed by atoms with Gasteiger partial charge in [0.05, 0.1) is 56.3 Å². The minimum atomic E-state index is -4.88. The number of ketones is 1. The summed E-state index contributed by atoms with van der Waals surface area (Å²) in [5, 5.41) is 40.7. The Kier molecular flexibility index (Phi) is 18.8. The fraction of sp³-hybridized carbons (Fsp3) is 0.203. The molecule has 1 atom stereocenters. The summed E-state index contributed by atoms with van der Waals surface area (Å²) in [5.74, 6) is -9.76. The smallest absolute Gasteiger partial charge is 0.406 e. The number of aliphatic hydroxyl groups excluding tert-OH is 2. The minimum Gasteiger partial charge on any atom is -0.406 e. The van der Waals surface area contributed by atoms with E-state index in [1.54, 1.807) is 60.7 Å². The van der Waals surface area contributed by atoms with Gasteiger partial charge in [-0.15, -0.1) is 36.5 Å². The molecule has 472 valence electrons. The van der Waals surface area contributed by atoms with E-state index < -0.39 is 79.0 Å². The number of benzene rings is 6. The normalized spacial score (nSPS) is 12.6. The van der Waals surface area contributed by atoms with E-state index in [0.717, 1.165) is 69.9 Å². The van der Waals surface area contributed by atoms with E-state index in [2.05, 4.69) is 40.3 Å². The number of Topliss-reactive ketones (excluding diaryl/α,β-unsaturated/α-hetero) is 1. The average molecular weight is 1300 g/mol. The second-order valence-corrected chi connectivity index (χ2v) is 23.8. The lowest BCUT2D eigenvalue weighted by atomic mass is 9.99. The van der Waals surface area contributed by atoms with E-state index in [4.69, 9.17) is 5.11 Å². The second-order valence-electron chi connectivity index (χ2n) is 19.8. The van der Waals surface area contributed by atoms with Crippen LogP contribution in [0.5, 0.6) is 11.5 Å². The van der Waals surface area contributed by atoms with Gasteiger partial charge in [-0.1, -0.05) is 59.0 Å². The van der Waals surface area contributed by atoms with Gasteiger partial charge >= 0.3 is 24.6 Å². The van der Waals surface area contributed by atoms with Crippen LogP contribution in [0.4, 0.5) is 43.9 Å². The van der Waals surface area contributed by atoms with E-state index in [1.165, 1.54) is 93.7 Å². The Morgan fingerprint density at radius 1 is 0.500 bits per heavy atom. The molecule has 0 aliphatic rings. The Labute approximate surface area is 505 Å². The summed E-state index contributed by atoms with van der Waals surface area (Å²) in [7, 11) is -3.20. The van der Waals surface area contributed by atoms with E-state index >= 15 is 0 Å². The summed E-state index contributed by atoms with van der Waals surface area (Å²) in [5.41, 5.74) is 3.85. The number of aryl methyl sites for hydroxylation is 2. The summed E-state index contributed by atoms with van der Waals surface area (Å²) in [6, 6.07) is 34.4. The Bertz CT molecular complexity index is 4490. The van der Waals surface area contributed by atoms with Crippen molar-refractivity contribution in [3.05, 3.63) is 169 Å². The van der Waals surface area contributed by atoms with E-state index in [9.17, 15) is 70.6 Å². The van der Waals surface area contributed by atoms with Gasteiger partial charge in [-0.25, -0.2) is 26.2 Å². The lowest BCUT2D eigenvalue weighted by Crippen LogP contribution is -2.28. The predicted molar refractivity (Wildman–Crippen MR) is 307 cm³/mol. The Morgan fingerprint density at radius 3 is 1.21 bits per heavy atom. The number of hydrogen-bond acceptors (Lipinski definition) is 15. The third-order valence-electron chi connectivity index (χ3n) is 13.5. The molecule has 1 unspecified atom stereocenters. The standard InChI is InChI=1S/C29H24F5N5O4S.C29H22F5N5O4S.CH4O/c2*1-17(40)28(30,31)27-15-24(38(2)36-27)23-12-9-20(19-5-4-6-22(13-19)44(3,41)42)14-25(23)39-26(16-35-37-39)18-7-10-21(11-8-18)43-29(32,33)34;1-2/h4-17,40H,1-3H3;4-16H,1-3H3;2H,1H3. The molecule has 0 spiro atoms. The highest BCUT2D eigenvalue weighted by Gasteiger charge is 2.42. The Hall–Kier alpha value is -9.59. The summed E-state index contributed by atoms with van der Waals surface area (Å²) in [6.07, 6.45) is -6.88. The molecule has 31 heteroatoms. The number of halogens is 10. The molecule has 10 aromatic rings. The monoisotopic (exact) mass is 1300 g/mol. The van der Waals surface area contributed by atoms with Gasteiger partial charge in [-0.2, -0.15) is 27.8 Å². The van der Waals surface area contributed by atoms with Crippen LogP contribution in [0.3, 0.4) is 0 Å². The first-order valence-electron chi connectivity index (χ1n) is 26.0. The van der Waals surface area contributed by atoms with Crippen molar-refractivity contribution in [3.8, 4) is 90.2 Å². The van der Waals surface area contributed by atoms with Crippen LogP contribution in [-0.4, -0.2) is 121 Å². The number of rotatable bonds is 16. The molecule has 90 heavy (non-hydrogen) atoms. The zero-order valence-corrected chi connectivity index (χ0v) is 49.5. The molecule has 0 saturated heterocycles. The third kappa shape index (κ3) is 14.8. The molecule has 0 aliphatic carbocycles. The first-order chi connectivity index (χ1) is 42.1. The lowest BCUT2D eigenvalue weighted by molar-refractivity contribution is -0.275. The molecule has 4 aromatic heterocycles. The molecular weight excluding hydrogens is 1250 g/mol. The van der Waals surface area contributed by atoms with Crippen molar-refractivity contribution >= 4 is 25.5 Å². The van der Waals surface area contributed by atoms with Crippen LogP contribution in [0, 0.1) is 0 Å². The largest absolute Gasteiger partial charge is 0.573 e. The molecular formula is C59H50F10N10O9S2. The highest BCUT2D eigenvalue weighted by atomic mass is 32.2. The maximum absolute atomic E-state index is 14.7. The number of sulfone groups is 2. The maximum atomic E-state index is 14.7. The van der Waals surface area contributed by atoms with Gasteiger partial charge in [0.1, 0.15) is 29.0 Å². The summed E-state index contributed by atoms with van der Waals surface area (Å²) in [6.45, 7) is 1.71. The summed E-state index contributed by atoms with van der Waals surface area (Å²) < 4.78 is 197. The molecule has 0 bridgehead atoms. The van der Waals surface area contributed by atoms with Crippen molar-refractivity contribution in [3.63, 3.8) is 0 Å². The number of aliphatic hydroxyl groups is 2. The molecule has 0 amide bonds. The second kappa shape index (κ2) is 25.5. The Balaban J connectivity index is 0.000000226. The molecule has 0 radical (unpaired) electrons. The first-order valence-corrected chi connectivity index (χ1v) is 29.8. The molecule has 6 aromatic carbocycles. The van der Waals surface area contributed by atoms with Crippen molar-refractivity contribution in [1.29, 1.82) is 0 Å². The van der Waals surface area contributed by atoms with Crippen LogP contribution >= 0.6 is 0 Å². The molecule has 2 N–H and O–H groups in total. The molecule has 0 aliphatic heterocycles. The molecule has 10 rings (SSSR count). The number of nitrogens with zero attached hydrogens (tertiary/aromatic N) is 10. The van der Waals surface area contributed by atoms with Crippen LogP contribution in [-0.2, 0) is 50.4 Å². The summed E-state index contributed by atoms with van der Waals surface area (Å²) >= 11 is 0. The number of aromatic nitrogens is 10. The van der Waals surface area contributed by atoms with Crippen molar-refractivity contribution in [2.75, 3.05) is 19.6 Å². The lowest BCUT2D eigenvalue weighted by Gasteiger charge is -2.16. The highest BCUT2D eigenvalue weighted by molar-refractivity contribution is 7.91. The van der Waals surface area contributed by atoms with Gasteiger partial charge < -0.3 is 19.7 Å². The number of carbonyl (C=O) groups excluding carboxylic acids is 1. The third-order valence-corrected chi connectivity index (χ3v) is 15.7. The van der Waals surface area contributed by atoms with Crippen LogP contribution in [0.15, 0.2) is 168 Å². The van der Waals surface area contributed by atoms with Gasteiger partial charge in [0.15, 0.2) is 19.7 Å². The fourth-order valence-electron chi connectivity index (χ4n) is 9.04. The molecule has 4 heterocycles. The Morgan fingerprint density at radius 2 is 0.856 bits per heavy atom. The van der Waals surface area contributed by atoms with Crippen LogP contribution < -0.4 is 9.47 Å². The zero-order chi connectivity index (χ0) is 66.1. The molecule has 0 saturated carbocycles. The predicted octanol–water partition coefficient (Wildman–Crippen LogP) is 11.4. The maximum Gasteiger partial charge on any atom is 0.573 e. The van der Waals surface area contributed by atoms with E-state index in [1.807, 2.05) is 0 Å². The van der Waals surface area contributed by atoms with E-state index in [-0.39, 0.29) is 26.9 Å². The summed E-state index contributed by atoms with van der Waals surface area (Å²) in [4.78, 5) is 11.8. The van der Waals surface area contributed by atoms with Gasteiger partial charge in [-0.05, 0) is 126 Å². The van der Waals surface area contributed by atoms with Crippen molar-refractivity contribution in [2.24, 2.45) is 14.1 Å². The molecule has 19 nitrogen and oxygen atoms in total. The van der Waals surface area contributed by atoms with Gasteiger partial charge in [0.2, 0.25) is 5.78 Å². The van der Waals surface area contributed by atoms with E-state index in [0.29, 0.717) is 61.6 Å². The highest BCUT2D eigenvalue weighted by Crippen LogP contribution is 2.41. The topological polar surface area (TPSA) is 241 Å². The van der Waals surface area contributed by atoms with Crippen LogP contribution in [0.25, 0.3) is 78.7 Å². The number of alkyl halides is 10. The van der Waals surface area contributed by atoms with Gasteiger partial charge in [0, 0.05) is 62.9 Å². The number of carbonyl (C=O) groups is 1. The van der Waals surface area contributed by atoms with Crippen molar-refractivity contribution in [2.45, 2.75) is 54.3 Å². The van der Waals surface area contributed by atoms with Gasteiger partial charge in [0.25, 0.3) is 0 Å². The quantitative estimate of drug-likeness (QED) is 0.0855. The SMILES string of the molecule is CC(=O)C(F)(F)c1cc(-c2ccc(-c3cccc(S(C)(=O)=O)c3)cc2-n2nncc2-c2ccc(OC(F)(F)F)cc2)n(C)n1.CC(O)C(F)(F)c1cc(-c2ccc(-c3cccc(S(C)(=O)=O)c3)cc2-n2nncc2-c2ccc(OC(F)(F)F)cc2)n(C)n1.CO. The minimum absolute atomic E-state index is 0.0750. The number of ether oxygens (including phenoxy) is 2.